The number of rotatable bonds is 1. The van der Waals surface area contributed by atoms with Gasteiger partial charge in [-0.15, -0.1) is 0 Å². The number of nitrogens with zero attached hydrogens (tertiary/aromatic N) is 2. The Morgan fingerprint density at radius 3 is 2.94 bits per heavy atom. The molecule has 0 unspecified atom stereocenters. The molecule has 31 heavy (non-hydrogen) atoms. The first-order valence-electron chi connectivity index (χ1n) is 11.1. The number of para-hydroxylation sites is 1. The summed E-state index contributed by atoms with van der Waals surface area (Å²) in [6.45, 7) is 6.92. The molecule has 1 N–H and O–H groups in total. The molecule has 3 aliphatic heterocycles. The molecule has 3 aliphatic rings. The zero-order valence-electron chi connectivity index (χ0n) is 18.1. The molecule has 4 heterocycles. The zero-order chi connectivity index (χ0) is 21.3. The van der Waals surface area contributed by atoms with Crippen LogP contribution < -0.4 is 4.74 Å². The highest BCUT2D eigenvalue weighted by molar-refractivity contribution is 5.97. The summed E-state index contributed by atoms with van der Waals surface area (Å²) in [5, 5.41) is 0. The van der Waals surface area contributed by atoms with Gasteiger partial charge in [0.05, 0.1) is 29.3 Å². The average molecular weight is 418 g/mol. The second-order valence-electron chi connectivity index (χ2n) is 9.59. The van der Waals surface area contributed by atoms with Gasteiger partial charge in [0.15, 0.2) is 0 Å². The van der Waals surface area contributed by atoms with Crippen molar-refractivity contribution < 1.29 is 14.3 Å². The Labute approximate surface area is 181 Å². The van der Waals surface area contributed by atoms with Crippen LogP contribution in [0.2, 0.25) is 0 Å². The third-order valence-electron chi connectivity index (χ3n) is 7.27. The van der Waals surface area contributed by atoms with Crippen molar-refractivity contribution in [3.63, 3.8) is 0 Å². The molecule has 2 saturated heterocycles. The number of likely N-dealkylation sites (tertiary alicyclic amines) is 1. The number of aromatic amines is 1. The average Bonchev–Trinajstić information content (AvgIpc) is 3.33. The van der Waals surface area contributed by atoms with Crippen molar-refractivity contribution in [3.8, 4) is 5.75 Å². The van der Waals surface area contributed by atoms with Crippen LogP contribution in [0.5, 0.6) is 5.75 Å². The van der Waals surface area contributed by atoms with Gasteiger partial charge in [0.25, 0.3) is 5.91 Å². The van der Waals surface area contributed by atoms with E-state index in [-0.39, 0.29) is 35.7 Å². The Morgan fingerprint density at radius 1 is 1.23 bits per heavy atom. The number of nitrogens with one attached hydrogen (secondary N) is 1. The second-order valence-corrected chi connectivity index (χ2v) is 9.59. The summed E-state index contributed by atoms with van der Waals surface area (Å²) < 4.78 is 13.0. The highest BCUT2D eigenvalue weighted by Gasteiger charge is 2.53. The van der Waals surface area contributed by atoms with Crippen molar-refractivity contribution >= 4 is 16.9 Å². The summed E-state index contributed by atoms with van der Waals surface area (Å²) in [7, 11) is 0. The lowest BCUT2D eigenvalue weighted by molar-refractivity contribution is -0.159. The monoisotopic (exact) mass is 417 g/mol. The molecule has 4 atom stereocenters. The van der Waals surface area contributed by atoms with Crippen molar-refractivity contribution in [2.45, 2.75) is 57.5 Å². The van der Waals surface area contributed by atoms with E-state index in [0.29, 0.717) is 5.56 Å². The molecule has 6 rings (SSSR count). The Hall–Kier alpha value is -2.86. The molecule has 2 aromatic carbocycles. The van der Waals surface area contributed by atoms with Crippen molar-refractivity contribution in [2.24, 2.45) is 5.92 Å². The molecule has 0 radical (unpaired) electrons. The van der Waals surface area contributed by atoms with E-state index in [2.05, 4.69) is 29.9 Å². The largest absolute Gasteiger partial charge is 0.487 e. The molecule has 160 valence electrons. The summed E-state index contributed by atoms with van der Waals surface area (Å²) in [4.78, 5) is 23.2. The SMILES string of the molecule is Cc1nc2ccc(C(=O)N3CC[C@H]4O[C@H]5c6ccccc6OC(C)(C)[C@@H]5C[C@H]43)cc2[nH]1. The molecular weight excluding hydrogens is 390 g/mol. The van der Waals surface area contributed by atoms with E-state index in [1.807, 2.05) is 48.2 Å². The van der Waals surface area contributed by atoms with Crippen molar-refractivity contribution in [3.05, 3.63) is 59.4 Å². The van der Waals surface area contributed by atoms with Crippen LogP contribution in [0.15, 0.2) is 42.5 Å². The molecular formula is C25H27N3O3. The molecule has 0 saturated carbocycles. The number of H-pyrrole nitrogens is 1. The molecule has 1 amide bonds. The molecule has 2 fully saturated rings. The second kappa shape index (κ2) is 6.57. The topological polar surface area (TPSA) is 67.5 Å². The molecule has 6 nitrogen and oxygen atoms in total. The predicted molar refractivity (Wildman–Crippen MR) is 117 cm³/mol. The van der Waals surface area contributed by atoms with Crippen LogP contribution in [0.1, 0.15) is 54.5 Å². The number of hydrogen-bond donors (Lipinski definition) is 1. The van der Waals surface area contributed by atoms with Gasteiger partial charge in [-0.3, -0.25) is 4.79 Å². The predicted octanol–water partition coefficient (Wildman–Crippen LogP) is 4.40. The van der Waals surface area contributed by atoms with Crippen molar-refractivity contribution in [1.82, 2.24) is 14.9 Å². The summed E-state index contributed by atoms with van der Waals surface area (Å²) in [6, 6.07) is 14.0. The normalized spacial score (nSPS) is 28.5. The number of carbonyl (C=O) groups excluding carboxylic acids is 1. The number of hydrogen-bond acceptors (Lipinski definition) is 4. The van der Waals surface area contributed by atoms with Gasteiger partial charge in [-0.05, 0) is 57.9 Å². The van der Waals surface area contributed by atoms with Crippen molar-refractivity contribution in [2.75, 3.05) is 6.54 Å². The summed E-state index contributed by atoms with van der Waals surface area (Å²) in [5.41, 5.74) is 3.26. The van der Waals surface area contributed by atoms with Gasteiger partial charge < -0.3 is 19.4 Å². The van der Waals surface area contributed by atoms with Crippen LogP contribution in [0, 0.1) is 12.8 Å². The van der Waals surface area contributed by atoms with Crippen LogP contribution in [-0.2, 0) is 4.74 Å². The molecule has 3 aromatic rings. The van der Waals surface area contributed by atoms with Crippen LogP contribution >= 0.6 is 0 Å². The molecule has 6 heteroatoms. The smallest absolute Gasteiger partial charge is 0.254 e. The fraction of sp³-hybridized carbons (Fsp3) is 0.440. The van der Waals surface area contributed by atoms with Gasteiger partial charge in [-0.25, -0.2) is 4.98 Å². The number of benzene rings is 2. The van der Waals surface area contributed by atoms with Gasteiger partial charge in [0.2, 0.25) is 0 Å². The minimum absolute atomic E-state index is 0.0144. The number of amides is 1. The first-order chi connectivity index (χ1) is 14.9. The number of aryl methyl sites for hydroxylation is 1. The Balaban J connectivity index is 1.30. The number of aromatic nitrogens is 2. The Bertz CT molecular complexity index is 1180. The molecule has 1 aromatic heterocycles. The lowest BCUT2D eigenvalue weighted by atomic mass is 9.74. The Morgan fingerprint density at radius 2 is 2.06 bits per heavy atom. The van der Waals surface area contributed by atoms with Gasteiger partial charge in [-0.2, -0.15) is 0 Å². The maximum Gasteiger partial charge on any atom is 0.254 e. The van der Waals surface area contributed by atoms with Gasteiger partial charge in [0, 0.05) is 23.6 Å². The fourth-order valence-corrected chi connectivity index (χ4v) is 5.72. The minimum Gasteiger partial charge on any atom is -0.487 e. The van der Waals surface area contributed by atoms with Gasteiger partial charge >= 0.3 is 0 Å². The standard InChI is InChI=1S/C25H27N3O3/c1-14-26-18-9-8-15(12-19(18)27-14)24(29)28-11-10-22-20(28)13-17-23(30-22)16-6-4-5-7-21(16)31-25(17,2)3/h4-9,12,17,20,22-23H,10-11,13H2,1-3H3,(H,26,27)/t17-,20-,22-,23+/m1/s1. The van der Waals surface area contributed by atoms with Crippen molar-refractivity contribution in [1.29, 1.82) is 0 Å². The minimum atomic E-state index is -0.354. The summed E-state index contributed by atoms with van der Waals surface area (Å²) >= 11 is 0. The van der Waals surface area contributed by atoms with Crippen LogP contribution in [0.25, 0.3) is 11.0 Å². The lowest BCUT2D eigenvalue weighted by Crippen LogP contribution is -2.54. The third kappa shape index (κ3) is 2.88. The number of imidazole rings is 1. The Kier molecular flexibility index (Phi) is 4.00. The maximum atomic E-state index is 13.5. The molecule has 0 spiro atoms. The molecule has 0 bridgehead atoms. The van der Waals surface area contributed by atoms with Crippen LogP contribution in [-0.4, -0.2) is 45.1 Å². The van der Waals surface area contributed by atoms with E-state index in [4.69, 9.17) is 9.47 Å². The quantitative estimate of drug-likeness (QED) is 0.637. The van der Waals surface area contributed by atoms with Crippen LogP contribution in [0.4, 0.5) is 0 Å². The number of carbonyl (C=O) groups is 1. The van der Waals surface area contributed by atoms with Crippen LogP contribution in [0.3, 0.4) is 0 Å². The highest BCUT2D eigenvalue weighted by atomic mass is 16.5. The zero-order valence-corrected chi connectivity index (χ0v) is 18.1. The van der Waals surface area contributed by atoms with E-state index in [1.54, 1.807) is 0 Å². The van der Waals surface area contributed by atoms with E-state index < -0.39 is 0 Å². The molecule has 0 aliphatic carbocycles. The van der Waals surface area contributed by atoms with E-state index in [9.17, 15) is 4.79 Å². The first kappa shape index (κ1) is 18.9. The highest BCUT2D eigenvalue weighted by Crippen LogP contribution is 2.52. The number of ether oxygens (including phenoxy) is 2. The summed E-state index contributed by atoms with van der Waals surface area (Å²) in [6.07, 6.45) is 1.83. The summed E-state index contributed by atoms with van der Waals surface area (Å²) in [5.74, 6) is 2.03. The van der Waals surface area contributed by atoms with E-state index >= 15 is 0 Å². The number of fused-ring (bicyclic) bond motifs is 5. The van der Waals surface area contributed by atoms with Gasteiger partial charge in [0.1, 0.15) is 17.2 Å². The van der Waals surface area contributed by atoms with Gasteiger partial charge in [-0.1, -0.05) is 18.2 Å². The third-order valence-corrected chi connectivity index (χ3v) is 7.27. The fourth-order valence-electron chi connectivity index (χ4n) is 5.72. The maximum absolute atomic E-state index is 13.5. The van der Waals surface area contributed by atoms with E-state index in [0.717, 1.165) is 47.6 Å². The van der Waals surface area contributed by atoms with E-state index in [1.165, 1.54) is 0 Å². The first-order valence-corrected chi connectivity index (χ1v) is 11.1. The lowest BCUT2D eigenvalue weighted by Gasteiger charge is -2.50.